The maximum absolute atomic E-state index is 10.1. The van der Waals surface area contributed by atoms with Crippen molar-refractivity contribution >= 4 is 46.0 Å². The monoisotopic (exact) mass is 233 g/mol. The summed E-state index contributed by atoms with van der Waals surface area (Å²) in [6, 6.07) is 0. The Kier molecular flexibility index (Phi) is 17.1. The van der Waals surface area contributed by atoms with Gasteiger partial charge in [0.05, 0.1) is 0 Å². The van der Waals surface area contributed by atoms with Crippen LogP contribution in [0.2, 0.25) is 0 Å². The van der Waals surface area contributed by atoms with E-state index in [2.05, 4.69) is 11.4 Å². The molecule has 3 nitrogen and oxygen atoms in total. The van der Waals surface area contributed by atoms with E-state index in [0.29, 0.717) is 6.61 Å². The normalized spacial score (nSPS) is 10.8. The van der Waals surface area contributed by atoms with E-state index in [-0.39, 0.29) is 37.7 Å². The van der Waals surface area contributed by atoms with Crippen molar-refractivity contribution in [2.45, 2.75) is 45.4 Å². The first-order chi connectivity index (χ1) is 5.77. The predicted octanol–water partition coefficient (Wildman–Crippen LogP) is 2.63. The van der Waals surface area contributed by atoms with Gasteiger partial charge in [0.1, 0.15) is 6.61 Å². The average Bonchev–Trinajstić information content (AvgIpc) is 2.02. The van der Waals surface area contributed by atoms with E-state index < -0.39 is 8.25 Å². The molecule has 2 radical (unpaired) electrons. The van der Waals surface area contributed by atoms with Crippen molar-refractivity contribution in [3.63, 3.8) is 0 Å². The van der Waals surface area contributed by atoms with Gasteiger partial charge in [-0.2, -0.15) is 0 Å². The van der Waals surface area contributed by atoms with Crippen LogP contribution in [0.25, 0.3) is 0 Å². The first kappa shape index (κ1) is 16.7. The minimum atomic E-state index is -2.38. The van der Waals surface area contributed by atoms with E-state index in [1.54, 1.807) is 0 Å². The van der Waals surface area contributed by atoms with Gasteiger partial charge in [0.15, 0.2) is 0 Å². The summed E-state index contributed by atoms with van der Waals surface area (Å²) >= 11 is 0. The van der Waals surface area contributed by atoms with Gasteiger partial charge in [-0.1, -0.05) is 39.0 Å². The molecular weight excluding hydrogens is 215 g/mol. The Morgan fingerprint density at radius 2 is 1.69 bits per heavy atom. The molecule has 0 saturated carbocycles. The third-order valence-electron chi connectivity index (χ3n) is 1.70. The van der Waals surface area contributed by atoms with Crippen molar-refractivity contribution in [3.05, 3.63) is 0 Å². The summed E-state index contributed by atoms with van der Waals surface area (Å²) in [5.41, 5.74) is 0. The van der Waals surface area contributed by atoms with Crippen LogP contribution in [0.4, 0.5) is 0 Å². The molecule has 0 aromatic carbocycles. The van der Waals surface area contributed by atoms with Crippen molar-refractivity contribution in [1.29, 1.82) is 0 Å². The number of hydrogen-bond acceptors (Lipinski definition) is 2. The molecule has 0 aliphatic heterocycles. The molecule has 0 saturated heterocycles. The molecule has 1 atom stereocenters. The summed E-state index contributed by atoms with van der Waals surface area (Å²) in [5.74, 6) is 0. The van der Waals surface area contributed by atoms with Crippen LogP contribution in [0.1, 0.15) is 45.4 Å². The Morgan fingerprint density at radius 1 is 1.15 bits per heavy atom. The zero-order chi connectivity index (χ0) is 9.23. The molecule has 0 spiro atoms. The van der Waals surface area contributed by atoms with Gasteiger partial charge >= 0.3 is 8.25 Å². The fourth-order valence-electron chi connectivity index (χ4n) is 1.03. The first-order valence-corrected chi connectivity index (χ1v) is 5.69. The Balaban J connectivity index is 0. The quantitative estimate of drug-likeness (QED) is 0.398. The molecule has 1 N–H and O–H groups in total. The zero-order valence-corrected chi connectivity index (χ0v) is 11.5. The largest absolute Gasteiger partial charge is 0.694 e. The van der Waals surface area contributed by atoms with Gasteiger partial charge in [-0.05, 0) is 6.42 Å². The Hall–Kier alpha value is 1.28. The van der Waals surface area contributed by atoms with E-state index in [9.17, 15) is 4.57 Å². The molecular formula is C8H18CaO3P+. The van der Waals surface area contributed by atoms with Crippen molar-refractivity contribution in [2.24, 2.45) is 0 Å². The molecule has 5 heteroatoms. The molecule has 0 aromatic rings. The van der Waals surface area contributed by atoms with Gasteiger partial charge in [0.2, 0.25) is 0 Å². The minimum absolute atomic E-state index is 0. The van der Waals surface area contributed by atoms with Crippen LogP contribution in [0.5, 0.6) is 0 Å². The molecule has 0 aliphatic rings. The van der Waals surface area contributed by atoms with Crippen LogP contribution in [-0.4, -0.2) is 49.2 Å². The second-order valence-corrected chi connectivity index (χ2v) is 3.57. The molecule has 0 aromatic heterocycles. The van der Waals surface area contributed by atoms with Crippen LogP contribution in [0.3, 0.4) is 0 Å². The fourth-order valence-corrected chi connectivity index (χ4v) is 1.31. The van der Waals surface area contributed by atoms with Crippen LogP contribution >= 0.6 is 8.25 Å². The second-order valence-electron chi connectivity index (χ2n) is 2.84. The third-order valence-corrected chi connectivity index (χ3v) is 2.10. The Labute approximate surface area is 111 Å². The molecule has 0 aliphatic carbocycles. The molecule has 13 heavy (non-hydrogen) atoms. The van der Waals surface area contributed by atoms with Gasteiger partial charge in [-0.25, -0.2) is 0 Å². The molecule has 0 bridgehead atoms. The SMILES string of the molecule is CCCCCCCCO[P+](=O)O.[Ca]. The average molecular weight is 233 g/mol. The van der Waals surface area contributed by atoms with Crippen molar-refractivity contribution in [3.8, 4) is 0 Å². The first-order valence-electron chi connectivity index (χ1n) is 4.56. The van der Waals surface area contributed by atoms with Crippen LogP contribution < -0.4 is 0 Å². The molecule has 0 fully saturated rings. The predicted molar refractivity (Wildman–Crippen MR) is 54.9 cm³/mol. The summed E-state index contributed by atoms with van der Waals surface area (Å²) in [4.78, 5) is 8.28. The minimum Gasteiger partial charge on any atom is -0.133 e. The van der Waals surface area contributed by atoms with E-state index in [1.165, 1.54) is 25.7 Å². The number of hydrogen-bond donors (Lipinski definition) is 1. The van der Waals surface area contributed by atoms with E-state index in [0.717, 1.165) is 12.8 Å². The zero-order valence-electron chi connectivity index (χ0n) is 8.37. The van der Waals surface area contributed by atoms with Gasteiger partial charge in [-0.3, -0.25) is 0 Å². The van der Waals surface area contributed by atoms with E-state index >= 15 is 0 Å². The van der Waals surface area contributed by atoms with E-state index in [1.807, 2.05) is 0 Å². The summed E-state index contributed by atoms with van der Waals surface area (Å²) < 4.78 is 14.6. The van der Waals surface area contributed by atoms with Gasteiger partial charge in [0, 0.05) is 42.3 Å². The van der Waals surface area contributed by atoms with Crippen molar-refractivity contribution < 1.29 is 14.0 Å². The van der Waals surface area contributed by atoms with Crippen LogP contribution in [0, 0.1) is 0 Å². The van der Waals surface area contributed by atoms with Crippen molar-refractivity contribution in [2.75, 3.05) is 6.61 Å². The molecule has 0 amide bonds. The maximum atomic E-state index is 10.1. The van der Waals surface area contributed by atoms with Crippen LogP contribution in [-0.2, 0) is 9.09 Å². The smallest absolute Gasteiger partial charge is 0.133 e. The summed E-state index contributed by atoms with van der Waals surface area (Å²) in [5, 5.41) is 0. The van der Waals surface area contributed by atoms with Gasteiger partial charge in [0.25, 0.3) is 0 Å². The summed E-state index contributed by atoms with van der Waals surface area (Å²) in [6.45, 7) is 2.59. The summed E-state index contributed by atoms with van der Waals surface area (Å²) in [7, 11) is -2.38. The van der Waals surface area contributed by atoms with E-state index in [4.69, 9.17) is 4.89 Å². The van der Waals surface area contributed by atoms with Crippen molar-refractivity contribution in [1.82, 2.24) is 0 Å². The summed E-state index contributed by atoms with van der Waals surface area (Å²) in [6.07, 6.45) is 7.00. The van der Waals surface area contributed by atoms with Crippen LogP contribution in [0.15, 0.2) is 0 Å². The van der Waals surface area contributed by atoms with Gasteiger partial charge in [-0.15, -0.1) is 9.42 Å². The topological polar surface area (TPSA) is 46.5 Å². The Bertz CT molecular complexity index is 122. The molecule has 0 rings (SSSR count). The third kappa shape index (κ3) is 16.0. The number of unbranched alkanes of at least 4 members (excludes halogenated alkanes) is 5. The number of rotatable bonds is 8. The fraction of sp³-hybridized carbons (Fsp3) is 1.00. The molecule has 74 valence electrons. The maximum Gasteiger partial charge on any atom is 0.694 e. The molecule has 1 unspecified atom stereocenters. The standard InChI is InChI=1S/C8H17O3P.Ca/c1-2-3-4-5-6-7-8-11-12(9)10;/h2-8H2,1H3;/p+1. The Morgan fingerprint density at radius 3 is 2.23 bits per heavy atom. The second kappa shape index (κ2) is 13.3. The molecule has 0 heterocycles. The van der Waals surface area contributed by atoms with Gasteiger partial charge < -0.3 is 0 Å².